The maximum Gasteiger partial charge on any atom is 0.231 e. The lowest BCUT2D eigenvalue weighted by molar-refractivity contribution is -0.683. The molecule has 3 rings (SSSR count). The Balaban J connectivity index is 1.91. The lowest BCUT2D eigenvalue weighted by atomic mass is 10.0. The van der Waals surface area contributed by atoms with Gasteiger partial charge in [-0.05, 0) is 47.2 Å². The first-order valence-corrected chi connectivity index (χ1v) is 9.51. The standard InChI is InChI=1S/C24H28N3/c1-18(2)22-8-6-20(7-9-22)4-5-21-11-14-27(15-12-25)24(17-21)23-16-19(3)10-13-26-23/h4-11,13-14,16-18H,12,15,25H2,1-3H3/q+1/b5-4+. The fraction of sp³-hybridized carbons (Fsp3) is 0.250. The molecule has 2 aromatic heterocycles. The Hall–Kier alpha value is -2.78. The molecule has 0 bridgehead atoms. The number of benzene rings is 1. The lowest BCUT2D eigenvalue weighted by Crippen LogP contribution is -2.39. The predicted octanol–water partition coefficient (Wildman–Crippen LogP) is 4.60. The molecule has 138 valence electrons. The Morgan fingerprint density at radius 1 is 1.00 bits per heavy atom. The number of rotatable bonds is 6. The summed E-state index contributed by atoms with van der Waals surface area (Å²) in [4.78, 5) is 4.55. The van der Waals surface area contributed by atoms with E-state index >= 15 is 0 Å². The summed E-state index contributed by atoms with van der Waals surface area (Å²) in [7, 11) is 0. The van der Waals surface area contributed by atoms with Crippen LogP contribution in [0.2, 0.25) is 0 Å². The van der Waals surface area contributed by atoms with Crippen molar-refractivity contribution < 1.29 is 4.57 Å². The van der Waals surface area contributed by atoms with Gasteiger partial charge in [-0.2, -0.15) is 4.57 Å². The molecule has 1 aromatic carbocycles. The van der Waals surface area contributed by atoms with Gasteiger partial charge in [0, 0.05) is 18.3 Å². The van der Waals surface area contributed by atoms with E-state index in [9.17, 15) is 0 Å². The highest BCUT2D eigenvalue weighted by Crippen LogP contribution is 2.18. The maximum absolute atomic E-state index is 5.79. The molecule has 0 spiro atoms. The average Bonchev–Trinajstić information content (AvgIpc) is 2.67. The molecule has 0 amide bonds. The second-order valence-electron chi connectivity index (χ2n) is 7.20. The molecule has 0 aliphatic rings. The second-order valence-corrected chi connectivity index (χ2v) is 7.20. The van der Waals surface area contributed by atoms with Gasteiger partial charge in [0.15, 0.2) is 12.7 Å². The number of hydrogen-bond acceptors (Lipinski definition) is 2. The first-order chi connectivity index (χ1) is 13.1. The summed E-state index contributed by atoms with van der Waals surface area (Å²) in [6.45, 7) is 7.88. The Kier molecular flexibility index (Phi) is 6.15. The van der Waals surface area contributed by atoms with Gasteiger partial charge in [-0.1, -0.05) is 50.3 Å². The van der Waals surface area contributed by atoms with Crippen molar-refractivity contribution in [3.63, 3.8) is 0 Å². The zero-order valence-corrected chi connectivity index (χ0v) is 16.4. The number of nitrogens with two attached hydrogens (primary N) is 1. The molecule has 0 unspecified atom stereocenters. The summed E-state index contributed by atoms with van der Waals surface area (Å²) in [5, 5.41) is 0. The van der Waals surface area contributed by atoms with Gasteiger partial charge in [0.2, 0.25) is 5.69 Å². The fourth-order valence-electron chi connectivity index (χ4n) is 3.06. The van der Waals surface area contributed by atoms with E-state index in [0.717, 1.165) is 23.5 Å². The van der Waals surface area contributed by atoms with Crippen molar-refractivity contribution in [1.82, 2.24) is 4.98 Å². The third kappa shape index (κ3) is 4.89. The van der Waals surface area contributed by atoms with Crippen LogP contribution in [0.25, 0.3) is 23.5 Å². The van der Waals surface area contributed by atoms with Gasteiger partial charge in [0.1, 0.15) is 5.69 Å². The Morgan fingerprint density at radius 2 is 1.74 bits per heavy atom. The molecule has 0 atom stereocenters. The molecule has 3 heteroatoms. The Labute approximate surface area is 162 Å². The van der Waals surface area contributed by atoms with Crippen LogP contribution in [0.4, 0.5) is 0 Å². The SMILES string of the molecule is Cc1ccnc(-c2cc(/C=C/c3ccc(C(C)C)cc3)cc[n+]2CCN)c1. The van der Waals surface area contributed by atoms with Crippen LogP contribution in [0, 0.1) is 6.92 Å². The molecular weight excluding hydrogens is 330 g/mol. The minimum atomic E-state index is 0.555. The van der Waals surface area contributed by atoms with Crippen LogP contribution in [0.5, 0.6) is 0 Å². The minimum absolute atomic E-state index is 0.555. The van der Waals surface area contributed by atoms with Crippen molar-refractivity contribution >= 4 is 12.2 Å². The van der Waals surface area contributed by atoms with E-state index in [0.29, 0.717) is 12.5 Å². The Bertz CT molecular complexity index is 925. The van der Waals surface area contributed by atoms with Crippen LogP contribution in [-0.2, 0) is 6.54 Å². The molecule has 2 N–H and O–H groups in total. The first kappa shape index (κ1) is 19.0. The minimum Gasteiger partial charge on any atom is -0.325 e. The third-order valence-corrected chi connectivity index (χ3v) is 4.68. The van der Waals surface area contributed by atoms with Crippen LogP contribution < -0.4 is 10.3 Å². The van der Waals surface area contributed by atoms with E-state index in [-0.39, 0.29) is 0 Å². The molecule has 3 aromatic rings. The van der Waals surface area contributed by atoms with Gasteiger partial charge in [-0.3, -0.25) is 0 Å². The van der Waals surface area contributed by atoms with Crippen molar-refractivity contribution in [1.29, 1.82) is 0 Å². The van der Waals surface area contributed by atoms with Crippen molar-refractivity contribution in [2.45, 2.75) is 33.2 Å². The van der Waals surface area contributed by atoms with Crippen LogP contribution in [0.1, 0.15) is 42.0 Å². The van der Waals surface area contributed by atoms with Crippen molar-refractivity contribution in [2.24, 2.45) is 5.73 Å². The number of pyridine rings is 2. The van der Waals surface area contributed by atoms with Crippen LogP contribution in [0.15, 0.2) is 60.9 Å². The zero-order chi connectivity index (χ0) is 19.2. The smallest absolute Gasteiger partial charge is 0.231 e. The molecular formula is C24H28N3+. The lowest BCUT2D eigenvalue weighted by Gasteiger charge is -2.06. The number of aryl methyl sites for hydroxylation is 1. The molecule has 0 aliphatic heterocycles. The summed E-state index contributed by atoms with van der Waals surface area (Å²) in [6, 6.07) is 17.2. The summed E-state index contributed by atoms with van der Waals surface area (Å²) >= 11 is 0. The van der Waals surface area contributed by atoms with Gasteiger partial charge in [0.05, 0.1) is 6.54 Å². The largest absolute Gasteiger partial charge is 0.325 e. The summed E-state index contributed by atoms with van der Waals surface area (Å²) in [6.07, 6.45) is 8.25. The fourth-order valence-corrected chi connectivity index (χ4v) is 3.06. The van der Waals surface area contributed by atoms with Crippen molar-refractivity contribution in [2.75, 3.05) is 6.54 Å². The van der Waals surface area contributed by atoms with E-state index in [1.165, 1.54) is 16.7 Å². The zero-order valence-electron chi connectivity index (χ0n) is 16.4. The molecule has 2 heterocycles. The summed E-state index contributed by atoms with van der Waals surface area (Å²) in [5.41, 5.74) is 12.8. The number of nitrogens with zero attached hydrogens (tertiary/aromatic N) is 2. The van der Waals surface area contributed by atoms with Gasteiger partial charge in [-0.15, -0.1) is 0 Å². The van der Waals surface area contributed by atoms with Crippen molar-refractivity contribution in [3.05, 3.63) is 83.2 Å². The normalized spacial score (nSPS) is 11.4. The second kappa shape index (κ2) is 8.74. The molecule has 0 fully saturated rings. The molecule has 0 radical (unpaired) electrons. The van der Waals surface area contributed by atoms with Gasteiger partial charge >= 0.3 is 0 Å². The predicted molar refractivity (Wildman–Crippen MR) is 113 cm³/mol. The topological polar surface area (TPSA) is 42.8 Å². The quantitative estimate of drug-likeness (QED) is 0.655. The number of aromatic nitrogens is 2. The van der Waals surface area contributed by atoms with Crippen LogP contribution in [0.3, 0.4) is 0 Å². The van der Waals surface area contributed by atoms with Gasteiger partial charge < -0.3 is 5.73 Å². The molecule has 3 nitrogen and oxygen atoms in total. The van der Waals surface area contributed by atoms with Gasteiger partial charge in [-0.25, -0.2) is 4.98 Å². The van der Waals surface area contributed by atoms with Crippen LogP contribution in [-0.4, -0.2) is 11.5 Å². The monoisotopic (exact) mass is 358 g/mol. The average molecular weight is 359 g/mol. The molecule has 0 saturated heterocycles. The highest BCUT2D eigenvalue weighted by Gasteiger charge is 2.14. The summed E-state index contributed by atoms with van der Waals surface area (Å²) in [5.74, 6) is 0.555. The highest BCUT2D eigenvalue weighted by molar-refractivity contribution is 5.71. The van der Waals surface area contributed by atoms with E-state index in [1.807, 2.05) is 12.3 Å². The third-order valence-electron chi connectivity index (χ3n) is 4.68. The molecule has 0 saturated carbocycles. The molecule has 0 aliphatic carbocycles. The molecule has 27 heavy (non-hydrogen) atoms. The van der Waals surface area contributed by atoms with E-state index in [4.69, 9.17) is 5.73 Å². The van der Waals surface area contributed by atoms with Gasteiger partial charge in [0.25, 0.3) is 0 Å². The first-order valence-electron chi connectivity index (χ1n) is 9.51. The maximum atomic E-state index is 5.79. The van der Waals surface area contributed by atoms with E-state index in [1.54, 1.807) is 0 Å². The Morgan fingerprint density at radius 3 is 2.41 bits per heavy atom. The summed E-state index contributed by atoms with van der Waals surface area (Å²) < 4.78 is 2.16. The van der Waals surface area contributed by atoms with E-state index in [2.05, 4.69) is 91.1 Å². The van der Waals surface area contributed by atoms with Crippen LogP contribution >= 0.6 is 0 Å². The number of hydrogen-bond donors (Lipinski definition) is 1. The van der Waals surface area contributed by atoms with Crippen molar-refractivity contribution in [3.8, 4) is 11.4 Å². The van der Waals surface area contributed by atoms with E-state index < -0.39 is 0 Å². The highest BCUT2D eigenvalue weighted by atomic mass is 15.0.